The normalized spacial score (nSPS) is 11.5. The average molecular weight is 255 g/mol. The molecule has 90 valence electrons. The lowest BCUT2D eigenvalue weighted by Crippen LogP contribution is -2.09. The first kappa shape index (κ1) is 13.0. The second-order valence-electron chi connectivity index (χ2n) is 2.80. The molecule has 7 heteroatoms. The van der Waals surface area contributed by atoms with Gasteiger partial charge in [-0.15, -0.1) is 0 Å². The lowest BCUT2D eigenvalue weighted by molar-refractivity contribution is -0.0329. The Labute approximate surface area is 93.8 Å². The minimum Gasteiger partial charge on any atom is -0.487 e. The molecule has 0 saturated carbocycles. The molecule has 0 radical (unpaired) electrons. The zero-order chi connectivity index (χ0) is 12.2. The van der Waals surface area contributed by atoms with E-state index in [2.05, 4.69) is 0 Å². The van der Waals surface area contributed by atoms with Crippen molar-refractivity contribution in [2.75, 3.05) is 18.1 Å². The maximum atomic E-state index is 13.1. The monoisotopic (exact) mass is 255 g/mol. The third-order valence-corrected chi connectivity index (χ3v) is 2.29. The number of rotatable bonds is 4. The standard InChI is InChI=1S/C9H9F4NOS/c10-6-2-1-3-7(14)8(6)15-4-5-16-9(11,12)13/h1-3H,4-5,14H2. The van der Waals surface area contributed by atoms with Crippen molar-refractivity contribution >= 4 is 17.4 Å². The van der Waals surface area contributed by atoms with Gasteiger partial charge >= 0.3 is 5.51 Å². The molecule has 0 fully saturated rings. The van der Waals surface area contributed by atoms with E-state index in [4.69, 9.17) is 10.5 Å². The maximum Gasteiger partial charge on any atom is 0.441 e. The molecule has 0 unspecified atom stereocenters. The summed E-state index contributed by atoms with van der Waals surface area (Å²) in [5, 5.41) is 0. The van der Waals surface area contributed by atoms with E-state index in [0.29, 0.717) is 0 Å². The summed E-state index contributed by atoms with van der Waals surface area (Å²) in [6, 6.07) is 3.93. The van der Waals surface area contributed by atoms with E-state index in [-0.39, 0.29) is 35.6 Å². The number of nitrogen functional groups attached to an aromatic ring is 1. The molecule has 0 aliphatic heterocycles. The van der Waals surface area contributed by atoms with E-state index in [9.17, 15) is 17.6 Å². The van der Waals surface area contributed by atoms with Crippen molar-refractivity contribution in [2.24, 2.45) is 0 Å². The van der Waals surface area contributed by atoms with Crippen LogP contribution in [0.15, 0.2) is 18.2 Å². The maximum absolute atomic E-state index is 13.1. The van der Waals surface area contributed by atoms with Crippen molar-refractivity contribution in [1.82, 2.24) is 0 Å². The number of hydrogen-bond acceptors (Lipinski definition) is 3. The van der Waals surface area contributed by atoms with Gasteiger partial charge in [-0.1, -0.05) is 6.07 Å². The highest BCUT2D eigenvalue weighted by molar-refractivity contribution is 8.00. The predicted molar refractivity (Wildman–Crippen MR) is 54.8 cm³/mol. The van der Waals surface area contributed by atoms with Crippen molar-refractivity contribution in [3.05, 3.63) is 24.0 Å². The van der Waals surface area contributed by atoms with Gasteiger partial charge in [-0.25, -0.2) is 4.39 Å². The number of benzene rings is 1. The van der Waals surface area contributed by atoms with Crippen LogP contribution >= 0.6 is 11.8 Å². The molecule has 2 nitrogen and oxygen atoms in total. The SMILES string of the molecule is Nc1cccc(F)c1OCCSC(F)(F)F. The summed E-state index contributed by atoms with van der Waals surface area (Å²) in [7, 11) is 0. The predicted octanol–water partition coefficient (Wildman–Crippen LogP) is 3.04. The average Bonchev–Trinajstić information content (AvgIpc) is 2.14. The van der Waals surface area contributed by atoms with E-state index in [0.717, 1.165) is 6.07 Å². The van der Waals surface area contributed by atoms with Gasteiger partial charge < -0.3 is 10.5 Å². The third-order valence-electron chi connectivity index (χ3n) is 1.59. The van der Waals surface area contributed by atoms with E-state index < -0.39 is 11.3 Å². The molecule has 0 aliphatic carbocycles. The Hall–Kier alpha value is -1.11. The number of para-hydroxylation sites is 1. The Kier molecular flexibility index (Phi) is 4.28. The van der Waals surface area contributed by atoms with Crippen LogP contribution < -0.4 is 10.5 Å². The molecule has 0 aliphatic rings. The summed E-state index contributed by atoms with van der Waals surface area (Å²) in [5.41, 5.74) is 1.16. The Morgan fingerprint density at radius 3 is 2.56 bits per heavy atom. The minimum absolute atomic E-state index is 0.0667. The molecule has 2 N–H and O–H groups in total. The number of hydrogen-bond donors (Lipinski definition) is 1. The molecule has 0 spiro atoms. The van der Waals surface area contributed by atoms with Gasteiger partial charge in [0.15, 0.2) is 11.6 Å². The summed E-state index contributed by atoms with van der Waals surface area (Å²) in [6.45, 7) is -0.255. The second-order valence-corrected chi connectivity index (χ2v) is 3.96. The molecular formula is C9H9F4NOS. The van der Waals surface area contributed by atoms with Crippen LogP contribution in [-0.2, 0) is 0 Å². The molecule has 0 amide bonds. The number of thioether (sulfide) groups is 1. The topological polar surface area (TPSA) is 35.2 Å². The lowest BCUT2D eigenvalue weighted by Gasteiger charge is -2.10. The molecule has 0 heterocycles. The summed E-state index contributed by atoms with van der Waals surface area (Å²) in [6.07, 6.45) is 0. The molecule has 16 heavy (non-hydrogen) atoms. The summed E-state index contributed by atoms with van der Waals surface area (Å²) in [5.74, 6) is -1.20. The van der Waals surface area contributed by atoms with Crippen LogP contribution in [0.5, 0.6) is 5.75 Å². The number of alkyl halides is 3. The quantitative estimate of drug-likeness (QED) is 0.510. The van der Waals surface area contributed by atoms with Crippen molar-refractivity contribution in [2.45, 2.75) is 5.51 Å². The highest BCUT2D eigenvalue weighted by Gasteiger charge is 2.27. The Morgan fingerprint density at radius 2 is 2.00 bits per heavy atom. The Morgan fingerprint density at radius 1 is 1.31 bits per heavy atom. The number of ether oxygens (including phenoxy) is 1. The van der Waals surface area contributed by atoms with Crippen molar-refractivity contribution < 1.29 is 22.3 Å². The highest BCUT2D eigenvalue weighted by atomic mass is 32.2. The third kappa shape index (κ3) is 4.18. The van der Waals surface area contributed by atoms with E-state index in [1.807, 2.05) is 0 Å². The minimum atomic E-state index is -4.30. The van der Waals surface area contributed by atoms with Gasteiger partial charge in [0.2, 0.25) is 0 Å². The molecular weight excluding hydrogens is 246 g/mol. The first-order valence-corrected chi connectivity index (χ1v) is 5.26. The summed E-state index contributed by atoms with van der Waals surface area (Å²) >= 11 is -0.224. The van der Waals surface area contributed by atoms with E-state index >= 15 is 0 Å². The number of anilines is 1. The van der Waals surface area contributed by atoms with Crippen molar-refractivity contribution in [3.8, 4) is 5.75 Å². The van der Waals surface area contributed by atoms with Gasteiger partial charge in [0.1, 0.15) is 0 Å². The van der Waals surface area contributed by atoms with Gasteiger partial charge in [0.25, 0.3) is 0 Å². The zero-order valence-electron chi connectivity index (χ0n) is 8.05. The van der Waals surface area contributed by atoms with E-state index in [1.165, 1.54) is 12.1 Å². The van der Waals surface area contributed by atoms with Gasteiger partial charge in [-0.3, -0.25) is 0 Å². The van der Waals surface area contributed by atoms with Crippen molar-refractivity contribution in [3.63, 3.8) is 0 Å². The van der Waals surface area contributed by atoms with Crippen LogP contribution in [0.4, 0.5) is 23.2 Å². The van der Waals surface area contributed by atoms with Crippen LogP contribution in [0.1, 0.15) is 0 Å². The lowest BCUT2D eigenvalue weighted by atomic mass is 10.3. The van der Waals surface area contributed by atoms with Crippen molar-refractivity contribution in [1.29, 1.82) is 0 Å². The molecule has 0 atom stereocenters. The first-order chi connectivity index (χ1) is 7.40. The zero-order valence-corrected chi connectivity index (χ0v) is 8.87. The van der Waals surface area contributed by atoms with Crippen LogP contribution in [0.25, 0.3) is 0 Å². The van der Waals surface area contributed by atoms with Crippen LogP contribution in [-0.4, -0.2) is 17.9 Å². The smallest absolute Gasteiger partial charge is 0.441 e. The molecule has 1 rings (SSSR count). The van der Waals surface area contributed by atoms with Gasteiger partial charge in [0, 0.05) is 5.75 Å². The van der Waals surface area contributed by atoms with Gasteiger partial charge in [-0.2, -0.15) is 13.2 Å². The largest absolute Gasteiger partial charge is 0.487 e. The molecule has 0 saturated heterocycles. The fourth-order valence-corrected chi connectivity index (χ4v) is 1.38. The fraction of sp³-hybridized carbons (Fsp3) is 0.333. The van der Waals surface area contributed by atoms with Crippen LogP contribution in [0.3, 0.4) is 0 Å². The van der Waals surface area contributed by atoms with Crippen LogP contribution in [0.2, 0.25) is 0 Å². The molecule has 1 aromatic carbocycles. The second kappa shape index (κ2) is 5.29. The number of nitrogens with two attached hydrogens (primary N) is 1. The summed E-state index contributed by atoms with van der Waals surface area (Å²) in [4.78, 5) is 0. The Bertz CT molecular complexity index is 336. The van der Waals surface area contributed by atoms with Gasteiger partial charge in [0.05, 0.1) is 12.3 Å². The summed E-state index contributed by atoms with van der Waals surface area (Å²) < 4.78 is 53.2. The molecule has 1 aromatic rings. The van der Waals surface area contributed by atoms with E-state index in [1.54, 1.807) is 0 Å². The van der Waals surface area contributed by atoms with Crippen LogP contribution in [0, 0.1) is 5.82 Å². The Balaban J connectivity index is 2.43. The fourth-order valence-electron chi connectivity index (χ4n) is 0.979. The number of halogens is 4. The van der Waals surface area contributed by atoms with Gasteiger partial charge in [-0.05, 0) is 23.9 Å². The first-order valence-electron chi connectivity index (χ1n) is 4.27. The molecule has 0 aromatic heterocycles. The molecule has 0 bridgehead atoms. The highest BCUT2D eigenvalue weighted by Crippen LogP contribution is 2.30.